The summed E-state index contributed by atoms with van der Waals surface area (Å²) in [6.07, 6.45) is 5.67. The molecule has 2 N–H and O–H groups in total. The Hall–Kier alpha value is -0.0800. The smallest absolute Gasteiger partial charge is 0.0538 e. The molecule has 0 aromatic carbocycles. The summed E-state index contributed by atoms with van der Waals surface area (Å²) >= 11 is 0. The Morgan fingerprint density at radius 1 is 1.46 bits per heavy atom. The SMILES string of the molecule is CCC(O)CCCNC(C)C1CC1. The van der Waals surface area contributed by atoms with Crippen molar-refractivity contribution < 1.29 is 5.11 Å². The molecule has 0 aromatic rings. The Labute approximate surface area is 81.7 Å². The van der Waals surface area contributed by atoms with Crippen molar-refractivity contribution in [3.63, 3.8) is 0 Å². The molecule has 0 saturated heterocycles. The van der Waals surface area contributed by atoms with Crippen LogP contribution in [0.3, 0.4) is 0 Å². The van der Waals surface area contributed by atoms with E-state index in [4.69, 9.17) is 0 Å². The van der Waals surface area contributed by atoms with Gasteiger partial charge in [-0.05, 0) is 51.5 Å². The molecule has 1 rings (SSSR count). The van der Waals surface area contributed by atoms with Crippen LogP contribution < -0.4 is 5.32 Å². The molecule has 2 atom stereocenters. The van der Waals surface area contributed by atoms with Gasteiger partial charge in [0.15, 0.2) is 0 Å². The maximum atomic E-state index is 9.32. The fraction of sp³-hybridized carbons (Fsp3) is 1.00. The van der Waals surface area contributed by atoms with Crippen LogP contribution in [0.2, 0.25) is 0 Å². The van der Waals surface area contributed by atoms with E-state index in [1.165, 1.54) is 12.8 Å². The number of nitrogens with one attached hydrogen (secondary N) is 1. The van der Waals surface area contributed by atoms with Crippen molar-refractivity contribution in [2.45, 2.75) is 58.1 Å². The molecule has 1 aliphatic carbocycles. The zero-order chi connectivity index (χ0) is 9.68. The van der Waals surface area contributed by atoms with Crippen molar-refractivity contribution >= 4 is 0 Å². The first kappa shape index (κ1) is 11.0. The molecule has 0 aliphatic heterocycles. The van der Waals surface area contributed by atoms with E-state index < -0.39 is 0 Å². The van der Waals surface area contributed by atoms with E-state index in [1.807, 2.05) is 6.92 Å². The quantitative estimate of drug-likeness (QED) is 0.594. The van der Waals surface area contributed by atoms with E-state index in [0.29, 0.717) is 6.04 Å². The van der Waals surface area contributed by atoms with Crippen molar-refractivity contribution in [1.82, 2.24) is 5.32 Å². The molecule has 2 nitrogen and oxygen atoms in total. The molecular weight excluding hydrogens is 162 g/mol. The van der Waals surface area contributed by atoms with Gasteiger partial charge < -0.3 is 10.4 Å². The van der Waals surface area contributed by atoms with Gasteiger partial charge in [0.25, 0.3) is 0 Å². The molecule has 0 heterocycles. The Morgan fingerprint density at radius 3 is 2.69 bits per heavy atom. The monoisotopic (exact) mass is 185 g/mol. The predicted molar refractivity (Wildman–Crippen MR) is 55.7 cm³/mol. The highest BCUT2D eigenvalue weighted by atomic mass is 16.3. The number of aliphatic hydroxyl groups is 1. The Kier molecular flexibility index (Phi) is 4.74. The third-order valence-electron chi connectivity index (χ3n) is 2.98. The van der Waals surface area contributed by atoms with Crippen molar-refractivity contribution in [3.8, 4) is 0 Å². The first-order valence-corrected chi connectivity index (χ1v) is 5.65. The molecule has 0 bridgehead atoms. The van der Waals surface area contributed by atoms with Gasteiger partial charge in [-0.1, -0.05) is 6.92 Å². The highest BCUT2D eigenvalue weighted by molar-refractivity contribution is 4.82. The van der Waals surface area contributed by atoms with Crippen LogP contribution in [-0.4, -0.2) is 23.8 Å². The second kappa shape index (κ2) is 5.61. The molecule has 1 saturated carbocycles. The number of rotatable bonds is 7. The molecule has 2 unspecified atom stereocenters. The van der Waals surface area contributed by atoms with Crippen LogP contribution >= 0.6 is 0 Å². The molecule has 2 heteroatoms. The van der Waals surface area contributed by atoms with E-state index in [9.17, 15) is 5.11 Å². The lowest BCUT2D eigenvalue weighted by Gasteiger charge is -2.13. The minimum Gasteiger partial charge on any atom is -0.393 e. The zero-order valence-electron chi connectivity index (χ0n) is 8.92. The summed E-state index contributed by atoms with van der Waals surface area (Å²) in [6, 6.07) is 0.693. The summed E-state index contributed by atoms with van der Waals surface area (Å²) in [7, 11) is 0. The zero-order valence-corrected chi connectivity index (χ0v) is 8.92. The van der Waals surface area contributed by atoms with Gasteiger partial charge >= 0.3 is 0 Å². The van der Waals surface area contributed by atoms with Gasteiger partial charge in [-0.25, -0.2) is 0 Å². The number of hydrogen-bond acceptors (Lipinski definition) is 2. The van der Waals surface area contributed by atoms with Crippen LogP contribution in [0.4, 0.5) is 0 Å². The summed E-state index contributed by atoms with van der Waals surface area (Å²) in [5.41, 5.74) is 0. The van der Waals surface area contributed by atoms with Crippen molar-refractivity contribution in [2.75, 3.05) is 6.54 Å². The lowest BCUT2D eigenvalue weighted by atomic mass is 10.1. The third kappa shape index (κ3) is 4.63. The van der Waals surface area contributed by atoms with Crippen LogP contribution in [0.1, 0.15) is 46.0 Å². The Balaban J connectivity index is 1.88. The van der Waals surface area contributed by atoms with Gasteiger partial charge in [0.1, 0.15) is 0 Å². The van der Waals surface area contributed by atoms with Crippen molar-refractivity contribution in [3.05, 3.63) is 0 Å². The average Bonchev–Trinajstić information content (AvgIpc) is 2.94. The lowest BCUT2D eigenvalue weighted by molar-refractivity contribution is 0.157. The molecular formula is C11H23NO. The summed E-state index contributed by atoms with van der Waals surface area (Å²) < 4.78 is 0. The minimum atomic E-state index is -0.0852. The number of hydrogen-bond donors (Lipinski definition) is 2. The summed E-state index contributed by atoms with van der Waals surface area (Å²) in [5.74, 6) is 0.941. The topological polar surface area (TPSA) is 32.3 Å². The first-order chi connectivity index (χ1) is 6.24. The highest BCUT2D eigenvalue weighted by Gasteiger charge is 2.27. The van der Waals surface area contributed by atoms with E-state index in [2.05, 4.69) is 12.2 Å². The lowest BCUT2D eigenvalue weighted by Crippen LogP contribution is -2.29. The summed E-state index contributed by atoms with van der Waals surface area (Å²) in [4.78, 5) is 0. The predicted octanol–water partition coefficient (Wildman–Crippen LogP) is 1.93. The molecule has 0 aromatic heterocycles. The van der Waals surface area contributed by atoms with Crippen molar-refractivity contribution in [1.29, 1.82) is 0 Å². The first-order valence-electron chi connectivity index (χ1n) is 5.65. The molecule has 78 valence electrons. The average molecular weight is 185 g/mol. The second-order valence-corrected chi connectivity index (χ2v) is 4.28. The molecule has 0 radical (unpaired) electrons. The Bertz CT molecular complexity index is 134. The molecule has 13 heavy (non-hydrogen) atoms. The van der Waals surface area contributed by atoms with E-state index in [0.717, 1.165) is 31.7 Å². The van der Waals surface area contributed by atoms with Gasteiger partial charge in [-0.2, -0.15) is 0 Å². The van der Waals surface area contributed by atoms with Gasteiger partial charge in [-0.3, -0.25) is 0 Å². The van der Waals surface area contributed by atoms with E-state index >= 15 is 0 Å². The Morgan fingerprint density at radius 2 is 2.15 bits per heavy atom. The van der Waals surface area contributed by atoms with Crippen LogP contribution in [0.25, 0.3) is 0 Å². The molecule has 0 amide bonds. The van der Waals surface area contributed by atoms with Crippen molar-refractivity contribution in [2.24, 2.45) is 5.92 Å². The third-order valence-corrected chi connectivity index (χ3v) is 2.98. The van der Waals surface area contributed by atoms with Gasteiger partial charge in [-0.15, -0.1) is 0 Å². The normalized spacial score (nSPS) is 21.5. The maximum Gasteiger partial charge on any atom is 0.0538 e. The maximum absolute atomic E-state index is 9.32. The van der Waals surface area contributed by atoms with E-state index in [1.54, 1.807) is 0 Å². The van der Waals surface area contributed by atoms with Crippen LogP contribution in [0.5, 0.6) is 0 Å². The molecule has 1 aliphatic rings. The van der Waals surface area contributed by atoms with Crippen LogP contribution in [0, 0.1) is 5.92 Å². The summed E-state index contributed by atoms with van der Waals surface area (Å²) in [5, 5.41) is 12.8. The van der Waals surface area contributed by atoms with Gasteiger partial charge in [0.2, 0.25) is 0 Å². The summed E-state index contributed by atoms with van der Waals surface area (Å²) in [6.45, 7) is 5.37. The van der Waals surface area contributed by atoms with E-state index in [-0.39, 0.29) is 6.10 Å². The van der Waals surface area contributed by atoms with Gasteiger partial charge in [0, 0.05) is 6.04 Å². The van der Waals surface area contributed by atoms with Crippen LogP contribution in [0.15, 0.2) is 0 Å². The minimum absolute atomic E-state index is 0.0852. The standard InChI is InChI=1S/C11H23NO/c1-3-11(13)5-4-8-12-9(2)10-6-7-10/h9-13H,3-8H2,1-2H3. The highest BCUT2D eigenvalue weighted by Crippen LogP contribution is 2.32. The largest absolute Gasteiger partial charge is 0.393 e. The molecule has 0 spiro atoms. The number of aliphatic hydroxyl groups excluding tert-OH is 1. The fourth-order valence-electron chi connectivity index (χ4n) is 1.63. The fourth-order valence-corrected chi connectivity index (χ4v) is 1.63. The molecule has 1 fully saturated rings. The van der Waals surface area contributed by atoms with Gasteiger partial charge in [0.05, 0.1) is 6.10 Å². The second-order valence-electron chi connectivity index (χ2n) is 4.28. The van der Waals surface area contributed by atoms with Crippen LogP contribution in [-0.2, 0) is 0 Å².